The maximum absolute atomic E-state index is 12.6. The highest BCUT2D eigenvalue weighted by Crippen LogP contribution is 2.28. The first-order valence-corrected chi connectivity index (χ1v) is 8.17. The SMILES string of the molecule is CCc1ccccc1OCC(=O)N(Cc1ccncc1)C1CC1. The lowest BCUT2D eigenvalue weighted by molar-refractivity contribution is -0.134. The van der Waals surface area contributed by atoms with Gasteiger partial charge < -0.3 is 9.64 Å². The van der Waals surface area contributed by atoms with Crippen molar-refractivity contribution in [3.63, 3.8) is 0 Å². The number of carbonyl (C=O) groups is 1. The van der Waals surface area contributed by atoms with Gasteiger partial charge in [-0.1, -0.05) is 25.1 Å². The van der Waals surface area contributed by atoms with E-state index in [4.69, 9.17) is 4.74 Å². The van der Waals surface area contributed by atoms with Crippen LogP contribution >= 0.6 is 0 Å². The van der Waals surface area contributed by atoms with Crippen LogP contribution < -0.4 is 4.74 Å². The number of amides is 1. The molecule has 0 radical (unpaired) electrons. The summed E-state index contributed by atoms with van der Waals surface area (Å²) in [5, 5.41) is 0. The van der Waals surface area contributed by atoms with Crippen LogP contribution in [0, 0.1) is 0 Å². The van der Waals surface area contributed by atoms with Crippen LogP contribution in [0.3, 0.4) is 0 Å². The summed E-state index contributed by atoms with van der Waals surface area (Å²) in [4.78, 5) is 18.5. The van der Waals surface area contributed by atoms with Crippen LogP contribution in [0.5, 0.6) is 5.75 Å². The zero-order valence-corrected chi connectivity index (χ0v) is 13.4. The molecule has 4 heteroatoms. The lowest BCUT2D eigenvalue weighted by Gasteiger charge is -2.23. The first-order valence-electron chi connectivity index (χ1n) is 8.17. The van der Waals surface area contributed by atoms with Crippen molar-refractivity contribution < 1.29 is 9.53 Å². The molecule has 2 aromatic rings. The maximum atomic E-state index is 12.6. The largest absolute Gasteiger partial charge is 0.483 e. The summed E-state index contributed by atoms with van der Waals surface area (Å²) >= 11 is 0. The van der Waals surface area contributed by atoms with Gasteiger partial charge in [0, 0.05) is 25.0 Å². The second kappa shape index (κ2) is 7.27. The molecule has 0 unspecified atom stereocenters. The Morgan fingerprint density at radius 2 is 1.96 bits per heavy atom. The molecular weight excluding hydrogens is 288 g/mol. The van der Waals surface area contributed by atoms with Gasteiger partial charge >= 0.3 is 0 Å². The van der Waals surface area contributed by atoms with Crippen LogP contribution in [0.4, 0.5) is 0 Å². The molecular formula is C19H22N2O2. The molecule has 0 atom stereocenters. The second-order valence-electron chi connectivity index (χ2n) is 5.86. The summed E-state index contributed by atoms with van der Waals surface area (Å²) in [6, 6.07) is 12.2. The molecule has 3 rings (SSSR count). The highest BCUT2D eigenvalue weighted by molar-refractivity contribution is 5.78. The van der Waals surface area contributed by atoms with E-state index in [2.05, 4.69) is 11.9 Å². The number of carbonyl (C=O) groups excluding carboxylic acids is 1. The fourth-order valence-electron chi connectivity index (χ4n) is 2.65. The number of aryl methyl sites for hydroxylation is 1. The van der Waals surface area contributed by atoms with Gasteiger partial charge in [-0.25, -0.2) is 0 Å². The Kier molecular flexibility index (Phi) is 4.91. The van der Waals surface area contributed by atoms with Crippen LogP contribution in [0.15, 0.2) is 48.8 Å². The topological polar surface area (TPSA) is 42.4 Å². The van der Waals surface area contributed by atoms with E-state index in [0.717, 1.165) is 36.1 Å². The predicted octanol–water partition coefficient (Wildman–Crippen LogP) is 3.21. The third-order valence-corrected chi connectivity index (χ3v) is 4.11. The van der Waals surface area contributed by atoms with Crippen molar-refractivity contribution in [1.82, 2.24) is 9.88 Å². The molecule has 1 fully saturated rings. The molecule has 1 saturated carbocycles. The highest BCUT2D eigenvalue weighted by Gasteiger charge is 2.32. The van der Waals surface area contributed by atoms with Crippen LogP contribution in [0.25, 0.3) is 0 Å². The summed E-state index contributed by atoms with van der Waals surface area (Å²) in [6.07, 6.45) is 6.59. The molecule has 1 aromatic heterocycles. The third kappa shape index (κ3) is 4.09. The lowest BCUT2D eigenvalue weighted by Crippen LogP contribution is -2.36. The standard InChI is InChI=1S/C19H22N2O2/c1-2-16-5-3-4-6-18(16)23-14-19(22)21(17-7-8-17)13-15-9-11-20-12-10-15/h3-6,9-12,17H,2,7-8,13-14H2,1H3. The average Bonchev–Trinajstić information content (AvgIpc) is 3.43. The summed E-state index contributed by atoms with van der Waals surface area (Å²) in [7, 11) is 0. The van der Waals surface area contributed by atoms with Crippen LogP contribution in [0.1, 0.15) is 30.9 Å². The van der Waals surface area contributed by atoms with Gasteiger partial charge in [-0.2, -0.15) is 0 Å². The number of para-hydroxylation sites is 1. The Bertz CT molecular complexity index is 653. The number of nitrogens with zero attached hydrogens (tertiary/aromatic N) is 2. The van der Waals surface area contributed by atoms with E-state index in [1.807, 2.05) is 41.3 Å². The Labute approximate surface area is 137 Å². The van der Waals surface area contributed by atoms with Crippen molar-refractivity contribution in [2.24, 2.45) is 0 Å². The number of hydrogen-bond acceptors (Lipinski definition) is 3. The van der Waals surface area contributed by atoms with Gasteiger partial charge in [0.15, 0.2) is 6.61 Å². The Morgan fingerprint density at radius 3 is 2.65 bits per heavy atom. The monoisotopic (exact) mass is 310 g/mol. The van der Waals surface area contributed by atoms with E-state index in [0.29, 0.717) is 12.6 Å². The summed E-state index contributed by atoms with van der Waals surface area (Å²) in [5.74, 6) is 0.859. The molecule has 1 aliphatic carbocycles. The Balaban J connectivity index is 1.63. The van der Waals surface area contributed by atoms with E-state index in [-0.39, 0.29) is 12.5 Å². The Hall–Kier alpha value is -2.36. The summed E-state index contributed by atoms with van der Waals surface area (Å²) in [5.41, 5.74) is 2.24. The number of aromatic nitrogens is 1. The number of pyridine rings is 1. The fraction of sp³-hybridized carbons (Fsp3) is 0.368. The summed E-state index contributed by atoms with van der Waals surface area (Å²) in [6.45, 7) is 2.81. The van der Waals surface area contributed by atoms with E-state index in [1.54, 1.807) is 12.4 Å². The van der Waals surface area contributed by atoms with Gasteiger partial charge in [0.25, 0.3) is 5.91 Å². The van der Waals surface area contributed by atoms with Gasteiger partial charge in [-0.15, -0.1) is 0 Å². The van der Waals surface area contributed by atoms with Gasteiger partial charge in [0.05, 0.1) is 0 Å². The van der Waals surface area contributed by atoms with Crippen molar-refractivity contribution in [3.05, 3.63) is 59.9 Å². The number of benzene rings is 1. The molecule has 0 saturated heterocycles. The first-order chi connectivity index (χ1) is 11.3. The zero-order chi connectivity index (χ0) is 16.1. The van der Waals surface area contributed by atoms with Gasteiger partial charge in [-0.05, 0) is 48.6 Å². The molecule has 4 nitrogen and oxygen atoms in total. The van der Waals surface area contributed by atoms with Crippen molar-refractivity contribution >= 4 is 5.91 Å². The summed E-state index contributed by atoms with van der Waals surface area (Å²) < 4.78 is 5.78. The second-order valence-corrected chi connectivity index (χ2v) is 5.86. The Morgan fingerprint density at radius 1 is 1.22 bits per heavy atom. The highest BCUT2D eigenvalue weighted by atomic mass is 16.5. The number of rotatable bonds is 7. The predicted molar refractivity (Wildman–Crippen MR) is 89.1 cm³/mol. The quantitative estimate of drug-likeness (QED) is 0.788. The molecule has 1 heterocycles. The van der Waals surface area contributed by atoms with Gasteiger partial charge in [0.1, 0.15) is 5.75 Å². The molecule has 120 valence electrons. The van der Waals surface area contributed by atoms with E-state index < -0.39 is 0 Å². The maximum Gasteiger partial charge on any atom is 0.261 e. The number of ether oxygens (including phenoxy) is 1. The van der Waals surface area contributed by atoms with E-state index in [1.165, 1.54) is 0 Å². The van der Waals surface area contributed by atoms with E-state index >= 15 is 0 Å². The average molecular weight is 310 g/mol. The van der Waals surface area contributed by atoms with Crippen molar-refractivity contribution in [3.8, 4) is 5.75 Å². The van der Waals surface area contributed by atoms with Crippen LogP contribution in [0.2, 0.25) is 0 Å². The lowest BCUT2D eigenvalue weighted by atomic mass is 10.1. The molecule has 23 heavy (non-hydrogen) atoms. The molecule has 0 spiro atoms. The zero-order valence-electron chi connectivity index (χ0n) is 13.4. The minimum absolute atomic E-state index is 0.0511. The van der Waals surface area contributed by atoms with Gasteiger partial charge in [0.2, 0.25) is 0 Å². The van der Waals surface area contributed by atoms with Gasteiger partial charge in [-0.3, -0.25) is 9.78 Å². The molecule has 1 aromatic carbocycles. The minimum atomic E-state index is 0.0511. The fourth-order valence-corrected chi connectivity index (χ4v) is 2.65. The molecule has 1 aliphatic rings. The van der Waals surface area contributed by atoms with Crippen molar-refractivity contribution in [1.29, 1.82) is 0 Å². The first kappa shape index (κ1) is 15.5. The molecule has 0 bridgehead atoms. The van der Waals surface area contributed by atoms with Crippen LogP contribution in [-0.4, -0.2) is 28.4 Å². The van der Waals surface area contributed by atoms with Crippen molar-refractivity contribution in [2.75, 3.05) is 6.61 Å². The smallest absolute Gasteiger partial charge is 0.261 e. The van der Waals surface area contributed by atoms with E-state index in [9.17, 15) is 4.79 Å². The normalized spacial score (nSPS) is 13.6. The number of hydrogen-bond donors (Lipinski definition) is 0. The molecule has 0 aliphatic heterocycles. The van der Waals surface area contributed by atoms with Crippen molar-refractivity contribution in [2.45, 2.75) is 38.8 Å². The third-order valence-electron chi connectivity index (χ3n) is 4.11. The molecule has 0 N–H and O–H groups in total. The molecule has 1 amide bonds. The minimum Gasteiger partial charge on any atom is -0.483 e. The van der Waals surface area contributed by atoms with Crippen LogP contribution in [-0.2, 0) is 17.8 Å².